The normalized spacial score (nSPS) is 14.7. The Labute approximate surface area is 189 Å². The van der Waals surface area contributed by atoms with E-state index in [4.69, 9.17) is 14.2 Å². The minimum absolute atomic E-state index is 0.0669. The molecule has 3 rings (SSSR count). The van der Waals surface area contributed by atoms with Crippen molar-refractivity contribution in [1.29, 1.82) is 0 Å². The van der Waals surface area contributed by atoms with Crippen LogP contribution in [0.15, 0.2) is 36.4 Å². The minimum Gasteiger partial charge on any atom is -0.490 e. The zero-order valence-corrected chi connectivity index (χ0v) is 19.2. The van der Waals surface area contributed by atoms with Crippen LogP contribution in [0.4, 0.5) is 4.39 Å². The third kappa shape index (κ3) is 5.91. The molecule has 1 aliphatic heterocycles. The van der Waals surface area contributed by atoms with Crippen LogP contribution in [0.5, 0.6) is 17.2 Å². The van der Waals surface area contributed by atoms with E-state index in [2.05, 4.69) is 4.90 Å². The van der Waals surface area contributed by atoms with Gasteiger partial charge in [0.15, 0.2) is 11.5 Å². The number of hydrogen-bond acceptors (Lipinski definition) is 5. The molecule has 7 heteroatoms. The van der Waals surface area contributed by atoms with Gasteiger partial charge in [-0.2, -0.15) is 0 Å². The number of halogens is 1. The zero-order valence-electron chi connectivity index (χ0n) is 19.2. The Balaban J connectivity index is 1.75. The van der Waals surface area contributed by atoms with Crippen LogP contribution in [0, 0.1) is 5.82 Å². The molecule has 0 atom stereocenters. The molecule has 1 heterocycles. The second-order valence-electron chi connectivity index (χ2n) is 7.61. The lowest BCUT2D eigenvalue weighted by atomic mass is 10.1. The van der Waals surface area contributed by atoms with E-state index in [0.29, 0.717) is 74.4 Å². The van der Waals surface area contributed by atoms with E-state index in [1.807, 2.05) is 37.8 Å². The lowest BCUT2D eigenvalue weighted by Gasteiger charge is -2.23. The molecule has 0 bridgehead atoms. The van der Waals surface area contributed by atoms with Crippen LogP contribution >= 0.6 is 0 Å². The van der Waals surface area contributed by atoms with Gasteiger partial charge >= 0.3 is 0 Å². The molecule has 174 valence electrons. The lowest BCUT2D eigenvalue weighted by Crippen LogP contribution is -2.35. The first-order chi connectivity index (χ1) is 15.6. The Bertz CT molecular complexity index is 878. The Kier molecular flexibility index (Phi) is 8.73. The summed E-state index contributed by atoms with van der Waals surface area (Å²) in [5, 5.41) is 0. The summed E-state index contributed by atoms with van der Waals surface area (Å²) in [6.07, 6.45) is 0.827. The van der Waals surface area contributed by atoms with E-state index in [9.17, 15) is 9.18 Å². The van der Waals surface area contributed by atoms with Crippen molar-refractivity contribution in [2.45, 2.75) is 33.7 Å². The van der Waals surface area contributed by atoms with Crippen molar-refractivity contribution in [1.82, 2.24) is 9.80 Å². The minimum atomic E-state index is -0.189. The molecule has 1 aliphatic rings. The summed E-state index contributed by atoms with van der Waals surface area (Å²) in [5.41, 5.74) is 1.20. The highest BCUT2D eigenvalue weighted by Crippen LogP contribution is 2.39. The molecule has 32 heavy (non-hydrogen) atoms. The number of carbonyl (C=O) groups excluding carboxylic acids is 1. The predicted octanol–water partition coefficient (Wildman–Crippen LogP) is 4.37. The maximum atomic E-state index is 14.0. The van der Waals surface area contributed by atoms with Crippen molar-refractivity contribution in [3.63, 3.8) is 0 Å². The van der Waals surface area contributed by atoms with Gasteiger partial charge < -0.3 is 19.1 Å². The van der Waals surface area contributed by atoms with Crippen molar-refractivity contribution in [3.05, 3.63) is 53.3 Å². The van der Waals surface area contributed by atoms with Gasteiger partial charge in [0.2, 0.25) is 5.75 Å². The Morgan fingerprint density at radius 3 is 2.19 bits per heavy atom. The Morgan fingerprint density at radius 2 is 1.56 bits per heavy atom. The van der Waals surface area contributed by atoms with Crippen molar-refractivity contribution in [2.75, 3.05) is 46.0 Å². The largest absolute Gasteiger partial charge is 0.490 e. The third-order valence-corrected chi connectivity index (χ3v) is 5.38. The van der Waals surface area contributed by atoms with Crippen molar-refractivity contribution in [2.24, 2.45) is 0 Å². The lowest BCUT2D eigenvalue weighted by molar-refractivity contribution is 0.0760. The van der Waals surface area contributed by atoms with Gasteiger partial charge in [-0.1, -0.05) is 18.2 Å². The van der Waals surface area contributed by atoms with Crippen molar-refractivity contribution < 1.29 is 23.4 Å². The van der Waals surface area contributed by atoms with E-state index in [1.165, 1.54) is 6.07 Å². The SMILES string of the molecule is CCOc1cc(C(=O)N2CCCN(Cc3ccccc3F)CC2)cc(OCC)c1OCC. The molecule has 1 saturated heterocycles. The first-order valence-corrected chi connectivity index (χ1v) is 11.4. The summed E-state index contributed by atoms with van der Waals surface area (Å²) < 4.78 is 31.3. The number of rotatable bonds is 9. The fourth-order valence-electron chi connectivity index (χ4n) is 3.89. The molecular weight excluding hydrogens is 411 g/mol. The summed E-state index contributed by atoms with van der Waals surface area (Å²) in [6.45, 7) is 10.3. The summed E-state index contributed by atoms with van der Waals surface area (Å²) in [5.74, 6) is 1.30. The number of benzene rings is 2. The fraction of sp³-hybridized carbons (Fsp3) is 0.480. The maximum Gasteiger partial charge on any atom is 0.254 e. The molecule has 0 N–H and O–H groups in total. The molecule has 0 aliphatic carbocycles. The molecule has 0 saturated carbocycles. The number of ether oxygens (including phenoxy) is 3. The highest BCUT2D eigenvalue weighted by Gasteiger charge is 2.24. The van der Waals surface area contributed by atoms with Crippen LogP contribution in [0.3, 0.4) is 0 Å². The first kappa shape index (κ1) is 23.9. The third-order valence-electron chi connectivity index (χ3n) is 5.38. The molecule has 1 fully saturated rings. The van der Waals surface area contributed by atoms with Crippen LogP contribution in [0.25, 0.3) is 0 Å². The average molecular weight is 445 g/mol. The van der Waals surface area contributed by atoms with Crippen LogP contribution in [0.1, 0.15) is 43.1 Å². The average Bonchev–Trinajstić information content (AvgIpc) is 3.03. The Morgan fingerprint density at radius 1 is 0.906 bits per heavy atom. The van der Waals surface area contributed by atoms with Gasteiger partial charge in [0, 0.05) is 43.9 Å². The van der Waals surface area contributed by atoms with Gasteiger partial charge in [-0.05, 0) is 45.4 Å². The molecule has 2 aromatic rings. The smallest absolute Gasteiger partial charge is 0.254 e. The standard InChI is InChI=1S/C25H33FN2O4/c1-4-30-22-16-20(17-23(31-5-2)24(22)32-6-3)25(29)28-13-9-12-27(14-15-28)18-19-10-7-8-11-21(19)26/h7-8,10-11,16-17H,4-6,9,12-15,18H2,1-3H3. The predicted molar refractivity (Wildman–Crippen MR) is 122 cm³/mol. The van der Waals surface area contributed by atoms with Gasteiger partial charge in [-0.25, -0.2) is 4.39 Å². The molecule has 6 nitrogen and oxygen atoms in total. The maximum absolute atomic E-state index is 14.0. The van der Waals surface area contributed by atoms with Crippen molar-refractivity contribution in [3.8, 4) is 17.2 Å². The molecule has 2 aromatic carbocycles. The molecular formula is C25H33FN2O4. The van der Waals surface area contributed by atoms with Gasteiger partial charge in [0.1, 0.15) is 5.82 Å². The van der Waals surface area contributed by atoms with E-state index < -0.39 is 0 Å². The molecule has 0 spiro atoms. The van der Waals surface area contributed by atoms with E-state index >= 15 is 0 Å². The van der Waals surface area contributed by atoms with E-state index in [1.54, 1.807) is 18.2 Å². The second kappa shape index (κ2) is 11.7. The van der Waals surface area contributed by atoms with Gasteiger partial charge in [-0.15, -0.1) is 0 Å². The van der Waals surface area contributed by atoms with E-state index in [-0.39, 0.29) is 11.7 Å². The summed E-state index contributed by atoms with van der Waals surface area (Å²) in [4.78, 5) is 17.4. The number of amides is 1. The summed E-state index contributed by atoms with van der Waals surface area (Å²) >= 11 is 0. The van der Waals surface area contributed by atoms with Gasteiger partial charge in [-0.3, -0.25) is 9.69 Å². The quantitative estimate of drug-likeness (QED) is 0.575. The van der Waals surface area contributed by atoms with Crippen molar-refractivity contribution >= 4 is 5.91 Å². The van der Waals surface area contributed by atoms with Crippen LogP contribution in [-0.4, -0.2) is 61.7 Å². The number of carbonyl (C=O) groups is 1. The zero-order chi connectivity index (χ0) is 22.9. The topological polar surface area (TPSA) is 51.2 Å². The number of nitrogens with zero attached hydrogens (tertiary/aromatic N) is 2. The molecule has 0 unspecified atom stereocenters. The fourth-order valence-corrected chi connectivity index (χ4v) is 3.89. The monoisotopic (exact) mass is 444 g/mol. The Hall–Kier alpha value is -2.80. The molecule has 0 radical (unpaired) electrons. The number of hydrogen-bond donors (Lipinski definition) is 0. The summed E-state index contributed by atoms with van der Waals surface area (Å²) in [7, 11) is 0. The summed E-state index contributed by atoms with van der Waals surface area (Å²) in [6, 6.07) is 10.3. The van der Waals surface area contributed by atoms with Gasteiger partial charge in [0.25, 0.3) is 5.91 Å². The first-order valence-electron chi connectivity index (χ1n) is 11.4. The van der Waals surface area contributed by atoms with Crippen LogP contribution in [-0.2, 0) is 6.54 Å². The molecule has 1 amide bonds. The second-order valence-corrected chi connectivity index (χ2v) is 7.61. The highest BCUT2D eigenvalue weighted by atomic mass is 19.1. The van der Waals surface area contributed by atoms with Crippen LogP contribution in [0.2, 0.25) is 0 Å². The highest BCUT2D eigenvalue weighted by molar-refractivity contribution is 5.95. The van der Waals surface area contributed by atoms with Gasteiger partial charge in [0.05, 0.1) is 19.8 Å². The molecule has 0 aromatic heterocycles. The van der Waals surface area contributed by atoms with Crippen LogP contribution < -0.4 is 14.2 Å². The van der Waals surface area contributed by atoms with E-state index in [0.717, 1.165) is 13.0 Å².